The molecule has 0 radical (unpaired) electrons. The number of nitrogen functional groups attached to an aromatic ring is 1. The van der Waals surface area contributed by atoms with Crippen molar-refractivity contribution in [1.29, 1.82) is 0 Å². The Labute approximate surface area is 150 Å². The molecule has 4 N–H and O–H groups in total. The van der Waals surface area contributed by atoms with Crippen molar-refractivity contribution in [1.82, 2.24) is 15.0 Å². The largest absolute Gasteiger partial charge is 0.382 e. The quantitative estimate of drug-likeness (QED) is 0.651. The van der Waals surface area contributed by atoms with E-state index in [1.165, 1.54) is 4.68 Å². The van der Waals surface area contributed by atoms with Crippen LogP contribution in [0.1, 0.15) is 16.1 Å². The third-order valence-corrected chi connectivity index (χ3v) is 3.73. The molecule has 3 rings (SSSR count). The van der Waals surface area contributed by atoms with Crippen LogP contribution in [0.25, 0.3) is 0 Å². The minimum atomic E-state index is -0.487. The Bertz CT molecular complexity index is 936. The van der Waals surface area contributed by atoms with Gasteiger partial charge in [-0.15, -0.1) is 5.10 Å². The molecule has 26 heavy (non-hydrogen) atoms. The molecule has 1 aromatic heterocycles. The van der Waals surface area contributed by atoms with E-state index in [9.17, 15) is 9.59 Å². The monoisotopic (exact) mass is 350 g/mol. The third-order valence-electron chi connectivity index (χ3n) is 3.73. The molecule has 0 fully saturated rings. The minimum Gasteiger partial charge on any atom is -0.382 e. The number of aryl methyl sites for hydroxylation is 1. The van der Waals surface area contributed by atoms with Crippen LogP contribution in [-0.2, 0) is 11.3 Å². The molecule has 0 saturated carbocycles. The van der Waals surface area contributed by atoms with Crippen molar-refractivity contribution in [2.45, 2.75) is 13.5 Å². The molecule has 0 unspecified atom stereocenters. The van der Waals surface area contributed by atoms with Gasteiger partial charge < -0.3 is 16.4 Å². The molecule has 8 nitrogen and oxygen atoms in total. The Hall–Kier alpha value is -3.68. The third kappa shape index (κ3) is 3.86. The van der Waals surface area contributed by atoms with E-state index >= 15 is 0 Å². The van der Waals surface area contributed by atoms with Crippen LogP contribution in [-0.4, -0.2) is 26.8 Å². The fraction of sp³-hybridized carbons (Fsp3) is 0.111. The molecule has 3 aromatic rings. The zero-order chi connectivity index (χ0) is 18.5. The maximum absolute atomic E-state index is 12.3. The summed E-state index contributed by atoms with van der Waals surface area (Å²) in [6, 6.07) is 16.3. The van der Waals surface area contributed by atoms with E-state index in [1.54, 1.807) is 30.3 Å². The molecular weight excluding hydrogens is 332 g/mol. The molecule has 0 saturated heterocycles. The normalized spacial score (nSPS) is 10.3. The highest BCUT2D eigenvalue weighted by Gasteiger charge is 2.19. The lowest BCUT2D eigenvalue weighted by molar-refractivity contribution is -0.116. The van der Waals surface area contributed by atoms with Gasteiger partial charge in [-0.25, -0.2) is 4.68 Å². The summed E-state index contributed by atoms with van der Waals surface area (Å²) in [4.78, 5) is 24.5. The van der Waals surface area contributed by atoms with Crippen molar-refractivity contribution < 1.29 is 9.59 Å². The molecule has 2 aromatic carbocycles. The molecule has 0 bridgehead atoms. The summed E-state index contributed by atoms with van der Waals surface area (Å²) in [6.07, 6.45) is 0. The van der Waals surface area contributed by atoms with Crippen molar-refractivity contribution >= 4 is 29.0 Å². The molecule has 2 amide bonds. The van der Waals surface area contributed by atoms with E-state index in [0.29, 0.717) is 11.4 Å². The Morgan fingerprint density at radius 2 is 1.73 bits per heavy atom. The van der Waals surface area contributed by atoms with Crippen LogP contribution in [0.4, 0.5) is 17.2 Å². The second-order valence-corrected chi connectivity index (χ2v) is 5.66. The van der Waals surface area contributed by atoms with Crippen molar-refractivity contribution in [2.75, 3.05) is 16.4 Å². The van der Waals surface area contributed by atoms with Crippen molar-refractivity contribution in [3.63, 3.8) is 0 Å². The van der Waals surface area contributed by atoms with Crippen LogP contribution in [0, 0.1) is 6.92 Å². The lowest BCUT2D eigenvalue weighted by atomic mass is 10.2. The first kappa shape index (κ1) is 17.2. The van der Waals surface area contributed by atoms with E-state index in [0.717, 1.165) is 5.56 Å². The average molecular weight is 350 g/mol. The summed E-state index contributed by atoms with van der Waals surface area (Å²) < 4.78 is 1.19. The lowest BCUT2D eigenvalue weighted by Crippen LogP contribution is -2.21. The zero-order valence-electron chi connectivity index (χ0n) is 14.1. The summed E-state index contributed by atoms with van der Waals surface area (Å²) in [7, 11) is 0. The minimum absolute atomic E-state index is 0.0263. The number of hydrogen-bond acceptors (Lipinski definition) is 5. The Morgan fingerprint density at radius 1 is 1.04 bits per heavy atom. The number of nitrogens with zero attached hydrogens (tertiary/aromatic N) is 3. The Morgan fingerprint density at radius 3 is 2.46 bits per heavy atom. The summed E-state index contributed by atoms with van der Waals surface area (Å²) in [5, 5.41) is 13.0. The van der Waals surface area contributed by atoms with E-state index in [1.807, 2.05) is 31.2 Å². The van der Waals surface area contributed by atoms with E-state index < -0.39 is 5.91 Å². The molecule has 132 valence electrons. The van der Waals surface area contributed by atoms with Crippen molar-refractivity contribution in [2.24, 2.45) is 0 Å². The number of nitrogens with one attached hydrogen (secondary N) is 2. The maximum atomic E-state index is 12.3. The highest BCUT2D eigenvalue weighted by molar-refractivity contribution is 6.05. The van der Waals surface area contributed by atoms with Crippen molar-refractivity contribution in [3.8, 4) is 0 Å². The van der Waals surface area contributed by atoms with Gasteiger partial charge in [-0.2, -0.15) is 0 Å². The smallest absolute Gasteiger partial charge is 0.280 e. The van der Waals surface area contributed by atoms with Gasteiger partial charge in [0.05, 0.1) is 0 Å². The molecule has 8 heteroatoms. The number of benzene rings is 2. The topological polar surface area (TPSA) is 115 Å². The van der Waals surface area contributed by atoms with E-state index in [2.05, 4.69) is 20.9 Å². The van der Waals surface area contributed by atoms with Gasteiger partial charge in [-0.05, 0) is 30.7 Å². The molecule has 0 spiro atoms. The predicted octanol–water partition coefficient (Wildman–Crippen LogP) is 2.06. The van der Waals surface area contributed by atoms with Gasteiger partial charge in [0.1, 0.15) is 6.54 Å². The molecule has 0 aliphatic heterocycles. The van der Waals surface area contributed by atoms with Gasteiger partial charge >= 0.3 is 0 Å². The number of carbonyl (C=O) groups excluding carboxylic acids is 2. The summed E-state index contributed by atoms with van der Waals surface area (Å²) in [5.41, 5.74) is 8.16. The molecule has 0 aliphatic rings. The SMILES string of the molecule is Cc1ccccc1NC(=O)Cn1nnc(C(=O)Nc2ccccc2)c1N. The highest BCUT2D eigenvalue weighted by Crippen LogP contribution is 2.15. The van der Waals surface area contributed by atoms with Crippen LogP contribution in [0.2, 0.25) is 0 Å². The van der Waals surface area contributed by atoms with E-state index in [-0.39, 0.29) is 24.0 Å². The summed E-state index contributed by atoms with van der Waals surface area (Å²) >= 11 is 0. The first-order valence-electron chi connectivity index (χ1n) is 7.95. The number of hydrogen-bond donors (Lipinski definition) is 3. The number of aromatic nitrogens is 3. The van der Waals surface area contributed by atoms with Crippen LogP contribution in [0.3, 0.4) is 0 Å². The second-order valence-electron chi connectivity index (χ2n) is 5.66. The van der Waals surface area contributed by atoms with Gasteiger partial charge in [0, 0.05) is 11.4 Å². The van der Waals surface area contributed by atoms with E-state index in [4.69, 9.17) is 5.73 Å². The average Bonchev–Trinajstić information content (AvgIpc) is 2.98. The van der Waals surface area contributed by atoms with Gasteiger partial charge in [0.2, 0.25) is 5.91 Å². The maximum Gasteiger partial charge on any atom is 0.280 e. The van der Waals surface area contributed by atoms with Crippen molar-refractivity contribution in [3.05, 3.63) is 65.9 Å². The number of carbonyl (C=O) groups is 2. The standard InChI is InChI=1S/C18H18N6O2/c1-12-7-5-6-10-14(12)21-15(25)11-24-17(19)16(22-23-24)18(26)20-13-8-3-2-4-9-13/h2-10H,11,19H2,1H3,(H,20,26)(H,21,25). The van der Waals surface area contributed by atoms with Gasteiger partial charge in [0.15, 0.2) is 11.5 Å². The lowest BCUT2D eigenvalue weighted by Gasteiger charge is -2.08. The fourth-order valence-electron chi connectivity index (χ4n) is 2.35. The summed E-state index contributed by atoms with van der Waals surface area (Å²) in [5.74, 6) is -0.774. The molecule has 0 atom stereocenters. The van der Waals surface area contributed by atoms with Gasteiger partial charge in [-0.1, -0.05) is 41.6 Å². The van der Waals surface area contributed by atoms with Crippen LogP contribution >= 0.6 is 0 Å². The zero-order valence-corrected chi connectivity index (χ0v) is 14.1. The van der Waals surface area contributed by atoms with Gasteiger partial charge in [-0.3, -0.25) is 9.59 Å². The number of para-hydroxylation sites is 2. The van der Waals surface area contributed by atoms with Crippen LogP contribution in [0.15, 0.2) is 54.6 Å². The Balaban J connectivity index is 1.68. The molecular formula is C18H18N6O2. The fourth-order valence-corrected chi connectivity index (χ4v) is 2.35. The number of amides is 2. The predicted molar refractivity (Wildman–Crippen MR) is 98.6 cm³/mol. The number of nitrogens with two attached hydrogens (primary N) is 1. The van der Waals surface area contributed by atoms with Gasteiger partial charge in [0.25, 0.3) is 5.91 Å². The summed E-state index contributed by atoms with van der Waals surface area (Å²) in [6.45, 7) is 1.75. The molecule has 0 aliphatic carbocycles. The Kier molecular flexibility index (Phi) is 4.93. The molecule has 1 heterocycles. The second kappa shape index (κ2) is 7.47. The highest BCUT2D eigenvalue weighted by atomic mass is 16.2. The van der Waals surface area contributed by atoms with Crippen LogP contribution in [0.5, 0.6) is 0 Å². The van der Waals surface area contributed by atoms with Crippen LogP contribution < -0.4 is 16.4 Å². The first-order chi connectivity index (χ1) is 12.5. The number of anilines is 3. The first-order valence-corrected chi connectivity index (χ1v) is 7.95. The number of rotatable bonds is 5.